The third kappa shape index (κ3) is 2.56. The van der Waals surface area contributed by atoms with Crippen LogP contribution in [0, 0.1) is 0 Å². The molecule has 0 fully saturated rings. The summed E-state index contributed by atoms with van der Waals surface area (Å²) in [7, 11) is 1.77. The first kappa shape index (κ1) is 11.5. The van der Waals surface area contributed by atoms with Crippen molar-refractivity contribution in [3.8, 4) is 0 Å². The van der Waals surface area contributed by atoms with Crippen molar-refractivity contribution in [3.05, 3.63) is 29.3 Å². The van der Waals surface area contributed by atoms with Gasteiger partial charge in [-0.15, -0.1) is 0 Å². The quantitative estimate of drug-likeness (QED) is 0.839. The second-order valence-electron chi connectivity index (χ2n) is 4.63. The molecular formula is C14H21NO. The van der Waals surface area contributed by atoms with E-state index in [2.05, 4.69) is 30.4 Å². The highest BCUT2D eigenvalue weighted by atomic mass is 16.5. The Morgan fingerprint density at radius 3 is 3.12 bits per heavy atom. The molecule has 1 atom stereocenters. The maximum atomic E-state index is 5.13. The minimum atomic E-state index is 0.590. The second kappa shape index (κ2) is 5.35. The van der Waals surface area contributed by atoms with Gasteiger partial charge in [-0.3, -0.25) is 0 Å². The average Bonchev–Trinajstić information content (AvgIpc) is 2.35. The number of nitrogens with one attached hydrogen (secondary N) is 1. The molecular weight excluding hydrogens is 198 g/mol. The van der Waals surface area contributed by atoms with Gasteiger partial charge in [0, 0.05) is 25.9 Å². The van der Waals surface area contributed by atoms with Crippen molar-refractivity contribution in [2.24, 2.45) is 0 Å². The predicted molar refractivity (Wildman–Crippen MR) is 68.2 cm³/mol. The molecule has 1 aromatic rings. The summed E-state index contributed by atoms with van der Waals surface area (Å²) < 4.78 is 5.13. The summed E-state index contributed by atoms with van der Waals surface area (Å²) in [5.41, 5.74) is 4.25. The Balaban J connectivity index is 2.10. The highest BCUT2D eigenvalue weighted by Gasteiger charge is 2.11. The van der Waals surface area contributed by atoms with Gasteiger partial charge < -0.3 is 10.1 Å². The lowest BCUT2D eigenvalue weighted by Gasteiger charge is -2.20. The maximum Gasteiger partial charge on any atom is 0.0467 e. The van der Waals surface area contributed by atoms with Crippen molar-refractivity contribution in [1.82, 2.24) is 0 Å². The van der Waals surface area contributed by atoms with E-state index in [0.717, 1.165) is 19.6 Å². The number of aryl methyl sites for hydroxylation is 1. The van der Waals surface area contributed by atoms with E-state index in [0.29, 0.717) is 5.92 Å². The predicted octanol–water partition coefficient (Wildman–Crippen LogP) is 3.18. The van der Waals surface area contributed by atoms with E-state index in [4.69, 9.17) is 4.74 Å². The zero-order valence-electron chi connectivity index (χ0n) is 10.3. The summed E-state index contributed by atoms with van der Waals surface area (Å²) in [6.07, 6.45) is 3.57. The van der Waals surface area contributed by atoms with Gasteiger partial charge in [-0.2, -0.15) is 0 Å². The van der Waals surface area contributed by atoms with Crippen LogP contribution in [0.25, 0.3) is 0 Å². The number of rotatable bonds is 4. The minimum absolute atomic E-state index is 0.590. The Kier molecular flexibility index (Phi) is 3.83. The van der Waals surface area contributed by atoms with Crippen molar-refractivity contribution in [3.63, 3.8) is 0 Å². The summed E-state index contributed by atoms with van der Waals surface area (Å²) in [6, 6.07) is 6.84. The molecule has 1 N–H and O–H groups in total. The minimum Gasteiger partial charge on any atom is -0.385 e. The van der Waals surface area contributed by atoms with Crippen LogP contribution in [-0.2, 0) is 11.2 Å². The molecule has 0 spiro atoms. The molecule has 0 radical (unpaired) electrons. The van der Waals surface area contributed by atoms with Gasteiger partial charge in [0.05, 0.1) is 0 Å². The molecule has 0 aromatic heterocycles. The van der Waals surface area contributed by atoms with Crippen molar-refractivity contribution in [2.45, 2.75) is 32.1 Å². The zero-order valence-corrected chi connectivity index (χ0v) is 10.3. The lowest BCUT2D eigenvalue weighted by Crippen LogP contribution is -2.12. The topological polar surface area (TPSA) is 21.3 Å². The van der Waals surface area contributed by atoms with Gasteiger partial charge >= 0.3 is 0 Å². The highest BCUT2D eigenvalue weighted by Crippen LogP contribution is 2.27. The highest BCUT2D eigenvalue weighted by molar-refractivity contribution is 5.54. The van der Waals surface area contributed by atoms with Gasteiger partial charge in [0.15, 0.2) is 0 Å². The maximum absolute atomic E-state index is 5.13. The summed E-state index contributed by atoms with van der Waals surface area (Å²) in [4.78, 5) is 0. The summed E-state index contributed by atoms with van der Waals surface area (Å²) in [6.45, 7) is 4.24. The first-order chi connectivity index (χ1) is 7.81. The molecule has 16 heavy (non-hydrogen) atoms. The molecule has 1 aromatic carbocycles. The number of benzene rings is 1. The number of fused-ring (bicyclic) bond motifs is 1. The van der Waals surface area contributed by atoms with E-state index in [9.17, 15) is 0 Å². The van der Waals surface area contributed by atoms with Gasteiger partial charge in [0.1, 0.15) is 0 Å². The van der Waals surface area contributed by atoms with Crippen molar-refractivity contribution >= 4 is 5.69 Å². The van der Waals surface area contributed by atoms with Crippen LogP contribution in [0.4, 0.5) is 5.69 Å². The lowest BCUT2D eigenvalue weighted by molar-refractivity contribution is 0.189. The molecule has 0 saturated carbocycles. The Bertz CT molecular complexity index is 349. The van der Waals surface area contributed by atoms with Crippen LogP contribution in [0.3, 0.4) is 0 Å². The SMILES string of the molecule is COCCC(C)c1ccc2c(c1)CCCN2. The largest absolute Gasteiger partial charge is 0.385 e. The fourth-order valence-electron chi connectivity index (χ4n) is 2.26. The molecule has 0 saturated heterocycles. The Hall–Kier alpha value is -1.02. The standard InChI is InChI=1S/C14H21NO/c1-11(7-9-16-2)12-5-6-14-13(10-12)4-3-8-15-14/h5-6,10-11,15H,3-4,7-9H2,1-2H3. The summed E-state index contributed by atoms with van der Waals surface area (Å²) in [5.74, 6) is 0.590. The van der Waals surface area contributed by atoms with E-state index in [-0.39, 0.29) is 0 Å². The van der Waals surface area contributed by atoms with Crippen molar-refractivity contribution in [1.29, 1.82) is 0 Å². The zero-order chi connectivity index (χ0) is 11.4. The molecule has 2 nitrogen and oxygen atoms in total. The van der Waals surface area contributed by atoms with Crippen LogP contribution < -0.4 is 5.32 Å². The molecule has 2 heteroatoms. The fourth-order valence-corrected chi connectivity index (χ4v) is 2.26. The third-order valence-corrected chi connectivity index (χ3v) is 3.39. The van der Waals surface area contributed by atoms with Gasteiger partial charge in [0.25, 0.3) is 0 Å². The molecule has 0 bridgehead atoms. The molecule has 1 aliphatic rings. The average molecular weight is 219 g/mol. The number of hydrogen-bond acceptors (Lipinski definition) is 2. The molecule has 2 rings (SSSR count). The monoisotopic (exact) mass is 219 g/mol. The van der Waals surface area contributed by atoms with Gasteiger partial charge in [-0.05, 0) is 42.4 Å². The van der Waals surface area contributed by atoms with Crippen molar-refractivity contribution < 1.29 is 4.74 Å². The molecule has 1 aliphatic heterocycles. The molecule has 1 heterocycles. The number of anilines is 1. The fraction of sp³-hybridized carbons (Fsp3) is 0.571. The Morgan fingerprint density at radius 2 is 2.31 bits per heavy atom. The van der Waals surface area contributed by atoms with E-state index in [1.54, 1.807) is 7.11 Å². The van der Waals surface area contributed by atoms with Crippen LogP contribution in [-0.4, -0.2) is 20.3 Å². The Morgan fingerprint density at radius 1 is 1.44 bits per heavy atom. The summed E-state index contributed by atoms with van der Waals surface area (Å²) in [5, 5.41) is 3.45. The summed E-state index contributed by atoms with van der Waals surface area (Å²) >= 11 is 0. The molecule has 88 valence electrons. The molecule has 0 amide bonds. The number of ether oxygens (including phenoxy) is 1. The lowest BCUT2D eigenvalue weighted by atomic mass is 9.93. The van der Waals surface area contributed by atoms with E-state index in [1.165, 1.54) is 29.7 Å². The first-order valence-electron chi connectivity index (χ1n) is 6.17. The number of methoxy groups -OCH3 is 1. The van der Waals surface area contributed by atoms with E-state index >= 15 is 0 Å². The van der Waals surface area contributed by atoms with Crippen LogP contribution >= 0.6 is 0 Å². The van der Waals surface area contributed by atoms with E-state index < -0.39 is 0 Å². The van der Waals surface area contributed by atoms with Gasteiger partial charge in [-0.1, -0.05) is 19.1 Å². The smallest absolute Gasteiger partial charge is 0.0467 e. The van der Waals surface area contributed by atoms with Crippen LogP contribution in [0.2, 0.25) is 0 Å². The normalized spacial score (nSPS) is 16.4. The van der Waals surface area contributed by atoms with Crippen LogP contribution in [0.1, 0.15) is 36.8 Å². The van der Waals surface area contributed by atoms with Crippen molar-refractivity contribution in [2.75, 3.05) is 25.6 Å². The third-order valence-electron chi connectivity index (χ3n) is 3.39. The van der Waals surface area contributed by atoms with Gasteiger partial charge in [0.2, 0.25) is 0 Å². The van der Waals surface area contributed by atoms with E-state index in [1.807, 2.05) is 0 Å². The molecule has 1 unspecified atom stereocenters. The number of hydrogen-bond donors (Lipinski definition) is 1. The first-order valence-corrected chi connectivity index (χ1v) is 6.17. The molecule has 0 aliphatic carbocycles. The van der Waals surface area contributed by atoms with Crippen LogP contribution in [0.5, 0.6) is 0 Å². The van der Waals surface area contributed by atoms with Crippen LogP contribution in [0.15, 0.2) is 18.2 Å². The Labute approximate surface area is 98.0 Å². The second-order valence-corrected chi connectivity index (χ2v) is 4.63. The van der Waals surface area contributed by atoms with Gasteiger partial charge in [-0.25, -0.2) is 0 Å².